The van der Waals surface area contributed by atoms with Crippen molar-refractivity contribution in [2.24, 2.45) is 0 Å². The van der Waals surface area contributed by atoms with Gasteiger partial charge in [-0.25, -0.2) is 4.98 Å². The van der Waals surface area contributed by atoms with Gasteiger partial charge in [0.05, 0.1) is 21.3 Å². The SMILES string of the molecule is Cc1ccc2nc(-c3ccc(NC(=S)NC4CC(C)(C)[NH2+]C(C)(C)C4)cc3)sc2c1. The lowest BCUT2D eigenvalue weighted by molar-refractivity contribution is -0.787. The van der Waals surface area contributed by atoms with Crippen molar-refractivity contribution in [3.63, 3.8) is 0 Å². The number of benzene rings is 2. The van der Waals surface area contributed by atoms with Crippen molar-refractivity contribution < 1.29 is 5.32 Å². The van der Waals surface area contributed by atoms with Crippen LogP contribution < -0.4 is 16.0 Å². The monoisotopic (exact) mass is 439 g/mol. The standard InChI is InChI=1S/C24H30N4S2/c1-15-6-11-19-20(12-15)30-21(27-19)16-7-9-17(10-8-16)25-22(29)26-18-13-23(2,3)28-24(4,5)14-18/h6-12,18,28H,13-14H2,1-5H3,(H2,25,26,29)/p+1. The van der Waals surface area contributed by atoms with Gasteiger partial charge < -0.3 is 16.0 Å². The van der Waals surface area contributed by atoms with Crippen molar-refractivity contribution in [2.45, 2.75) is 64.6 Å². The van der Waals surface area contributed by atoms with Crippen molar-refractivity contribution in [2.75, 3.05) is 5.32 Å². The minimum absolute atomic E-state index is 0.215. The van der Waals surface area contributed by atoms with Gasteiger partial charge in [0, 0.05) is 30.1 Å². The van der Waals surface area contributed by atoms with E-state index in [1.54, 1.807) is 11.3 Å². The van der Waals surface area contributed by atoms with Gasteiger partial charge in [-0.15, -0.1) is 11.3 Å². The first-order chi connectivity index (χ1) is 14.1. The topological polar surface area (TPSA) is 53.6 Å². The summed E-state index contributed by atoms with van der Waals surface area (Å²) in [5, 5.41) is 11.1. The number of quaternary nitrogens is 1. The largest absolute Gasteiger partial charge is 0.359 e. The van der Waals surface area contributed by atoms with Crippen LogP contribution in [0, 0.1) is 6.92 Å². The Kier molecular flexibility index (Phi) is 5.60. The van der Waals surface area contributed by atoms with Gasteiger partial charge >= 0.3 is 0 Å². The molecule has 0 unspecified atom stereocenters. The highest BCUT2D eigenvalue weighted by atomic mass is 32.1. The number of anilines is 1. The molecule has 0 bridgehead atoms. The highest BCUT2D eigenvalue weighted by molar-refractivity contribution is 7.80. The Morgan fingerprint density at radius 2 is 1.73 bits per heavy atom. The second-order valence-corrected chi connectivity index (χ2v) is 11.3. The first-order valence-corrected chi connectivity index (χ1v) is 11.7. The number of thiazole rings is 1. The minimum Gasteiger partial charge on any atom is -0.359 e. The summed E-state index contributed by atoms with van der Waals surface area (Å²) in [6.45, 7) is 11.3. The Morgan fingerprint density at radius 3 is 2.40 bits per heavy atom. The molecule has 0 saturated carbocycles. The fourth-order valence-electron chi connectivity index (χ4n) is 4.82. The van der Waals surface area contributed by atoms with E-state index in [2.05, 4.69) is 93.0 Å². The summed E-state index contributed by atoms with van der Waals surface area (Å²) in [5.41, 5.74) is 4.88. The highest BCUT2D eigenvalue weighted by Gasteiger charge is 2.41. The number of nitrogens with zero attached hydrogens (tertiary/aromatic N) is 1. The van der Waals surface area contributed by atoms with Crippen LogP contribution in [0.25, 0.3) is 20.8 Å². The molecule has 6 heteroatoms. The van der Waals surface area contributed by atoms with E-state index < -0.39 is 0 Å². The van der Waals surface area contributed by atoms with E-state index in [0.717, 1.165) is 34.6 Å². The molecular weight excluding hydrogens is 408 g/mol. The van der Waals surface area contributed by atoms with E-state index in [-0.39, 0.29) is 11.1 Å². The number of hydrogen-bond donors (Lipinski definition) is 3. The lowest BCUT2D eigenvalue weighted by Crippen LogP contribution is -3.06. The molecule has 0 amide bonds. The molecule has 3 aromatic rings. The van der Waals surface area contributed by atoms with Crippen molar-refractivity contribution >= 4 is 44.6 Å². The van der Waals surface area contributed by atoms with Gasteiger partial charge in [0.15, 0.2) is 5.11 Å². The Balaban J connectivity index is 1.41. The number of fused-ring (bicyclic) bond motifs is 1. The summed E-state index contributed by atoms with van der Waals surface area (Å²) in [6, 6.07) is 15.1. The molecule has 4 rings (SSSR count). The first kappa shape index (κ1) is 21.2. The van der Waals surface area contributed by atoms with Crippen molar-refractivity contribution in [1.29, 1.82) is 0 Å². The minimum atomic E-state index is 0.215. The molecule has 0 aliphatic carbocycles. The van der Waals surface area contributed by atoms with Gasteiger partial charge in [-0.1, -0.05) is 6.07 Å². The van der Waals surface area contributed by atoms with Gasteiger partial charge in [-0.2, -0.15) is 0 Å². The van der Waals surface area contributed by atoms with E-state index >= 15 is 0 Å². The van der Waals surface area contributed by atoms with Crippen LogP contribution in [-0.2, 0) is 0 Å². The number of aryl methyl sites for hydroxylation is 1. The maximum Gasteiger partial charge on any atom is 0.171 e. The summed E-state index contributed by atoms with van der Waals surface area (Å²) in [4.78, 5) is 4.78. The third kappa shape index (κ3) is 4.99. The highest BCUT2D eigenvalue weighted by Crippen LogP contribution is 2.31. The zero-order valence-electron chi connectivity index (χ0n) is 18.4. The van der Waals surface area contributed by atoms with Crippen LogP contribution in [0.1, 0.15) is 46.1 Å². The van der Waals surface area contributed by atoms with Crippen LogP contribution in [0.15, 0.2) is 42.5 Å². The molecule has 1 aromatic heterocycles. The third-order valence-corrected chi connectivity index (χ3v) is 6.88. The van der Waals surface area contributed by atoms with Crippen LogP contribution >= 0.6 is 23.6 Å². The molecule has 2 heterocycles. The number of thiocarbonyl (C=S) groups is 1. The second kappa shape index (κ2) is 7.91. The van der Waals surface area contributed by atoms with Crippen molar-refractivity contribution in [3.05, 3.63) is 48.0 Å². The summed E-state index contributed by atoms with van der Waals surface area (Å²) in [6.07, 6.45) is 2.18. The molecule has 30 heavy (non-hydrogen) atoms. The summed E-state index contributed by atoms with van der Waals surface area (Å²) < 4.78 is 1.23. The summed E-state index contributed by atoms with van der Waals surface area (Å²) >= 11 is 7.34. The molecule has 158 valence electrons. The van der Waals surface area contributed by atoms with E-state index in [9.17, 15) is 0 Å². The van der Waals surface area contributed by atoms with Gasteiger partial charge in [-0.3, -0.25) is 0 Å². The fourth-order valence-corrected chi connectivity index (χ4v) is 6.18. The zero-order chi connectivity index (χ0) is 21.5. The van der Waals surface area contributed by atoms with Crippen LogP contribution in [-0.4, -0.2) is 27.2 Å². The maximum atomic E-state index is 5.61. The van der Waals surface area contributed by atoms with Crippen LogP contribution in [0.5, 0.6) is 0 Å². The van der Waals surface area contributed by atoms with E-state index in [1.807, 2.05) is 0 Å². The molecule has 4 nitrogen and oxygen atoms in total. The fraction of sp³-hybridized carbons (Fsp3) is 0.417. The third-order valence-electron chi connectivity index (χ3n) is 5.60. The number of nitrogens with two attached hydrogens (primary N) is 1. The molecule has 1 fully saturated rings. The molecule has 4 N–H and O–H groups in total. The van der Waals surface area contributed by atoms with E-state index in [0.29, 0.717) is 11.2 Å². The van der Waals surface area contributed by atoms with Gasteiger partial charge in [0.25, 0.3) is 0 Å². The van der Waals surface area contributed by atoms with Gasteiger partial charge in [-0.05, 0) is 88.8 Å². The van der Waals surface area contributed by atoms with Gasteiger partial charge in [0.1, 0.15) is 5.01 Å². The molecule has 1 saturated heterocycles. The van der Waals surface area contributed by atoms with Crippen LogP contribution in [0.2, 0.25) is 0 Å². The average Bonchev–Trinajstić information content (AvgIpc) is 3.02. The maximum absolute atomic E-state index is 5.61. The Labute approximate surface area is 188 Å². The number of nitrogens with one attached hydrogen (secondary N) is 2. The lowest BCUT2D eigenvalue weighted by Gasteiger charge is -2.43. The van der Waals surface area contributed by atoms with E-state index in [1.165, 1.54) is 10.3 Å². The quantitative estimate of drug-likeness (QED) is 0.511. The molecule has 2 aromatic carbocycles. The smallest absolute Gasteiger partial charge is 0.171 e. The molecule has 1 aliphatic rings. The number of aromatic nitrogens is 1. The lowest BCUT2D eigenvalue weighted by atomic mass is 9.80. The van der Waals surface area contributed by atoms with E-state index in [4.69, 9.17) is 17.2 Å². The van der Waals surface area contributed by atoms with Gasteiger partial charge in [0.2, 0.25) is 0 Å². The molecule has 0 spiro atoms. The number of rotatable bonds is 3. The zero-order valence-corrected chi connectivity index (χ0v) is 20.0. The molecular formula is C24H31N4S2+. The average molecular weight is 440 g/mol. The summed E-state index contributed by atoms with van der Waals surface area (Å²) in [7, 11) is 0. The van der Waals surface area contributed by atoms with Crippen LogP contribution in [0.4, 0.5) is 5.69 Å². The summed E-state index contributed by atoms with van der Waals surface area (Å²) in [5.74, 6) is 0. The normalized spacial score (nSPS) is 18.3. The molecule has 0 atom stereocenters. The Morgan fingerprint density at radius 1 is 1.07 bits per heavy atom. The first-order valence-electron chi connectivity index (χ1n) is 10.5. The number of piperidine rings is 1. The molecule has 0 radical (unpaired) electrons. The Bertz CT molecular complexity index is 1050. The predicted molar refractivity (Wildman–Crippen MR) is 132 cm³/mol. The van der Waals surface area contributed by atoms with Crippen molar-refractivity contribution in [3.8, 4) is 10.6 Å². The van der Waals surface area contributed by atoms with Crippen molar-refractivity contribution in [1.82, 2.24) is 10.3 Å². The Hall–Kier alpha value is -2.02. The second-order valence-electron chi connectivity index (χ2n) is 9.89. The number of hydrogen-bond acceptors (Lipinski definition) is 3. The van der Waals surface area contributed by atoms with Crippen LogP contribution in [0.3, 0.4) is 0 Å². The molecule has 1 aliphatic heterocycles. The predicted octanol–water partition coefficient (Wildman–Crippen LogP) is 4.84.